The predicted molar refractivity (Wildman–Crippen MR) is 61.5 cm³/mol. The topological polar surface area (TPSA) is 46.5 Å². The molecule has 0 aliphatic rings. The molecule has 3 nitrogen and oxygen atoms in total. The molecule has 0 aromatic carbocycles. The molecule has 0 fully saturated rings. The van der Waals surface area contributed by atoms with Gasteiger partial charge < -0.3 is 9.84 Å². The van der Waals surface area contributed by atoms with Gasteiger partial charge in [0.2, 0.25) is 5.57 Å². The van der Waals surface area contributed by atoms with Crippen molar-refractivity contribution in [3.8, 4) is 0 Å². The van der Waals surface area contributed by atoms with Crippen molar-refractivity contribution in [2.45, 2.75) is 50.5 Å². The molecule has 2 unspecified atom stereocenters. The van der Waals surface area contributed by atoms with Gasteiger partial charge in [-0.05, 0) is 12.8 Å². The van der Waals surface area contributed by atoms with Crippen molar-refractivity contribution in [3.63, 3.8) is 0 Å². The van der Waals surface area contributed by atoms with E-state index in [-0.39, 0.29) is 0 Å². The number of aliphatic hydroxyl groups is 1. The molecule has 0 amide bonds. The molecule has 0 aromatic heterocycles. The predicted octanol–water partition coefficient (Wildman–Crippen LogP) is 4.86. The summed E-state index contributed by atoms with van der Waals surface area (Å²) in [6.07, 6.45) is -24.1. The van der Waals surface area contributed by atoms with Crippen LogP contribution in [0.3, 0.4) is 0 Å². The third kappa shape index (κ3) is 6.61. The van der Waals surface area contributed by atoms with Crippen LogP contribution in [0.5, 0.6) is 0 Å². The maximum absolute atomic E-state index is 13.5. The van der Waals surface area contributed by atoms with Crippen molar-refractivity contribution < 1.29 is 62.9 Å². The van der Waals surface area contributed by atoms with E-state index in [9.17, 15) is 53.1 Å². The molecule has 1 N–H and O–H groups in total. The van der Waals surface area contributed by atoms with Gasteiger partial charge in [-0.15, -0.1) is 0 Å². The number of carbonyl (C=O) groups excluding carboxylic acids is 1. The summed E-state index contributed by atoms with van der Waals surface area (Å²) in [5.41, 5.74) is -3.45. The highest BCUT2D eigenvalue weighted by Crippen LogP contribution is 2.39. The summed E-state index contributed by atoms with van der Waals surface area (Å²) in [6, 6.07) is 0. The Labute approximate surface area is 138 Å². The van der Waals surface area contributed by atoms with E-state index >= 15 is 0 Å². The average Bonchev–Trinajstić information content (AvgIpc) is 2.33. The second-order valence-corrected chi connectivity index (χ2v) is 5.13. The minimum Gasteiger partial charge on any atom is -0.393 e. The minimum absolute atomic E-state index is 0.611. The third-order valence-corrected chi connectivity index (χ3v) is 3.05. The molecule has 0 saturated carbocycles. The fourth-order valence-corrected chi connectivity index (χ4v) is 1.50. The fraction of sp³-hybridized carbons (Fsp3) is 0.750. The monoisotopic (exact) mass is 412 g/mol. The van der Waals surface area contributed by atoms with Crippen LogP contribution in [0.25, 0.3) is 0 Å². The highest BCUT2D eigenvalue weighted by Gasteiger charge is 2.59. The molecular weight excluding hydrogens is 401 g/mol. The van der Waals surface area contributed by atoms with Gasteiger partial charge in [0.15, 0.2) is 0 Å². The van der Waals surface area contributed by atoms with E-state index in [1.165, 1.54) is 0 Å². The molecule has 0 aliphatic carbocycles. The van der Waals surface area contributed by atoms with Crippen LogP contribution in [-0.4, -0.2) is 35.4 Å². The van der Waals surface area contributed by atoms with Crippen molar-refractivity contribution in [1.82, 2.24) is 0 Å². The molecule has 14 heteroatoms. The van der Waals surface area contributed by atoms with Crippen molar-refractivity contribution >= 4 is 5.97 Å². The molecule has 0 radical (unpaired) electrons. The van der Waals surface area contributed by atoms with Crippen molar-refractivity contribution in [2.75, 3.05) is 0 Å². The lowest BCUT2D eigenvalue weighted by Crippen LogP contribution is -2.48. The van der Waals surface area contributed by atoms with Gasteiger partial charge in [-0.25, -0.2) is 9.18 Å². The van der Waals surface area contributed by atoms with Crippen molar-refractivity contribution in [1.29, 1.82) is 0 Å². The van der Waals surface area contributed by atoms with Gasteiger partial charge in [0.1, 0.15) is 0 Å². The Hall–Kier alpha value is -1.60. The normalized spacial score (nSPS) is 16.7. The van der Waals surface area contributed by atoms with Gasteiger partial charge in [-0.1, -0.05) is 6.92 Å². The Balaban J connectivity index is 5.13. The number of hydrogen-bond acceptors (Lipinski definition) is 3. The van der Waals surface area contributed by atoms with Crippen molar-refractivity contribution in [2.24, 2.45) is 5.92 Å². The number of esters is 1. The molecule has 0 rings (SSSR count). The number of rotatable bonds is 7. The lowest BCUT2D eigenvalue weighted by Gasteiger charge is -2.28. The van der Waals surface area contributed by atoms with Gasteiger partial charge in [0.25, 0.3) is 6.08 Å². The van der Waals surface area contributed by atoms with Crippen LogP contribution in [-0.2, 0) is 9.53 Å². The van der Waals surface area contributed by atoms with Gasteiger partial charge in [0, 0.05) is 6.42 Å². The first-order chi connectivity index (χ1) is 11.3. The molecule has 0 aromatic rings. The number of ether oxygens (including phenoxy) is 1. The maximum Gasteiger partial charge on any atom is 0.461 e. The molecule has 0 saturated heterocycles. The molecule has 154 valence electrons. The summed E-state index contributed by atoms with van der Waals surface area (Å²) in [6.45, 7) is 0.611. The highest BCUT2D eigenvalue weighted by atomic mass is 19.4. The summed E-state index contributed by atoms with van der Waals surface area (Å²) in [4.78, 5) is 10.8. The Morgan fingerprint density at radius 1 is 1.00 bits per heavy atom. The van der Waals surface area contributed by atoms with Crippen LogP contribution in [0.4, 0.5) is 48.3 Å². The molecule has 0 spiro atoms. The van der Waals surface area contributed by atoms with Crippen LogP contribution in [0.1, 0.15) is 26.2 Å². The van der Waals surface area contributed by atoms with Gasteiger partial charge in [-0.2, -0.15) is 43.9 Å². The molecule has 2 atom stereocenters. The lowest BCUT2D eigenvalue weighted by atomic mass is 10.0. The molecule has 0 heterocycles. The zero-order chi connectivity index (χ0) is 21.1. The zero-order valence-corrected chi connectivity index (χ0v) is 12.6. The molecular formula is C12H11F11O3. The fourth-order valence-electron chi connectivity index (χ4n) is 1.50. The first-order valence-corrected chi connectivity index (χ1v) is 6.54. The Morgan fingerprint density at radius 2 is 1.46 bits per heavy atom. The van der Waals surface area contributed by atoms with Gasteiger partial charge in [-0.3, -0.25) is 0 Å². The van der Waals surface area contributed by atoms with Gasteiger partial charge >= 0.3 is 30.3 Å². The minimum atomic E-state index is -6.12. The first kappa shape index (κ1) is 24.4. The summed E-state index contributed by atoms with van der Waals surface area (Å²) in [5, 5.41) is 8.87. The second kappa shape index (κ2) is 7.96. The van der Waals surface area contributed by atoms with E-state index in [0.29, 0.717) is 6.92 Å². The molecule has 0 aliphatic heterocycles. The van der Waals surface area contributed by atoms with E-state index in [1.54, 1.807) is 0 Å². The Bertz CT molecular complexity index is 530. The summed E-state index contributed by atoms with van der Waals surface area (Å²) in [5.74, 6) is -10.4. The van der Waals surface area contributed by atoms with Gasteiger partial charge in [0.05, 0.1) is 5.92 Å². The zero-order valence-electron chi connectivity index (χ0n) is 12.6. The second-order valence-electron chi connectivity index (χ2n) is 5.13. The summed E-state index contributed by atoms with van der Waals surface area (Å²) < 4.78 is 140. The molecule has 26 heavy (non-hydrogen) atoms. The Kier molecular flexibility index (Phi) is 7.47. The first-order valence-electron chi connectivity index (χ1n) is 6.54. The van der Waals surface area contributed by atoms with Crippen LogP contribution in [0, 0.1) is 5.92 Å². The van der Waals surface area contributed by atoms with E-state index in [0.717, 1.165) is 0 Å². The highest BCUT2D eigenvalue weighted by molar-refractivity contribution is 5.90. The maximum atomic E-state index is 13.5. The van der Waals surface area contributed by atoms with E-state index < -0.39 is 67.1 Å². The number of alkyl halides is 9. The molecule has 0 bridgehead atoms. The number of carbonyl (C=O) groups is 1. The summed E-state index contributed by atoms with van der Waals surface area (Å²) >= 11 is 0. The van der Waals surface area contributed by atoms with E-state index in [2.05, 4.69) is 4.74 Å². The van der Waals surface area contributed by atoms with Crippen molar-refractivity contribution in [3.05, 3.63) is 11.7 Å². The number of hydrogen-bond donors (Lipinski definition) is 1. The van der Waals surface area contributed by atoms with Crippen LogP contribution < -0.4 is 0 Å². The van der Waals surface area contributed by atoms with E-state index in [1.807, 2.05) is 0 Å². The van der Waals surface area contributed by atoms with Crippen LogP contribution in [0.15, 0.2) is 11.7 Å². The SMILES string of the molecule is CC(CCCC(O)(F)C(F)(F)OC(=O)C(=C(F)F)C(F)(F)F)C(F)(F)F. The smallest absolute Gasteiger partial charge is 0.393 e. The number of halogens is 11. The van der Waals surface area contributed by atoms with E-state index in [4.69, 9.17) is 5.11 Å². The van der Waals surface area contributed by atoms with Crippen LogP contribution in [0.2, 0.25) is 0 Å². The largest absolute Gasteiger partial charge is 0.461 e. The third-order valence-electron chi connectivity index (χ3n) is 3.05. The summed E-state index contributed by atoms with van der Waals surface area (Å²) in [7, 11) is 0. The average molecular weight is 412 g/mol. The standard InChI is InChI=1S/C12H11F11O3/c1-5(10(16,17)18)3-2-4-9(15,25)12(22,23)26-8(24)6(7(13)14)11(19,20)21/h5,25H,2-4H2,1H3. The lowest BCUT2D eigenvalue weighted by molar-refractivity contribution is -0.357. The van der Waals surface area contributed by atoms with Crippen LogP contribution >= 0.6 is 0 Å². The quantitative estimate of drug-likeness (QED) is 0.369. The Morgan fingerprint density at radius 3 is 1.81 bits per heavy atom.